The summed E-state index contributed by atoms with van der Waals surface area (Å²) in [4.78, 5) is 4.49. The van der Waals surface area contributed by atoms with Crippen molar-refractivity contribution in [2.45, 2.75) is 25.7 Å². The maximum Gasteiger partial charge on any atom is 0.416 e. The van der Waals surface area contributed by atoms with Crippen LogP contribution in [-0.2, 0) is 12.7 Å². The third kappa shape index (κ3) is 5.16. The van der Waals surface area contributed by atoms with Gasteiger partial charge in [0.25, 0.3) is 0 Å². The van der Waals surface area contributed by atoms with Gasteiger partial charge < -0.3 is 11.1 Å². The number of aliphatic imine (C=N–C) groups is 1. The van der Waals surface area contributed by atoms with Gasteiger partial charge in [0, 0.05) is 17.3 Å². The first-order valence-corrected chi connectivity index (χ1v) is 9.22. The van der Waals surface area contributed by atoms with E-state index in [1.807, 2.05) is 43.3 Å². The fourth-order valence-corrected chi connectivity index (χ4v) is 3.05. The number of nitrogens with zero attached hydrogens (tertiary/aromatic N) is 1. The van der Waals surface area contributed by atoms with Crippen molar-refractivity contribution in [3.05, 3.63) is 101 Å². The van der Waals surface area contributed by atoms with Crippen LogP contribution in [-0.4, -0.2) is 5.84 Å². The van der Waals surface area contributed by atoms with E-state index in [1.165, 1.54) is 12.1 Å². The van der Waals surface area contributed by atoms with Crippen LogP contribution in [0.5, 0.6) is 0 Å². The number of hydrogen-bond donors (Lipinski definition) is 2. The van der Waals surface area contributed by atoms with E-state index in [1.54, 1.807) is 24.3 Å². The number of hydrogen-bond acceptors (Lipinski definition) is 2. The lowest BCUT2D eigenvalue weighted by atomic mass is 10.1. The number of benzene rings is 3. The summed E-state index contributed by atoms with van der Waals surface area (Å²) in [5.41, 5.74) is 7.72. The topological polar surface area (TPSA) is 50.4 Å². The average molecular weight is 397 g/mol. The van der Waals surface area contributed by atoms with E-state index in [2.05, 4.69) is 10.3 Å². The fourth-order valence-electron chi connectivity index (χ4n) is 3.05. The van der Waals surface area contributed by atoms with E-state index in [0.717, 1.165) is 11.6 Å². The Balaban J connectivity index is 1.95. The number of amidine groups is 1. The number of halogens is 3. The third-order valence-corrected chi connectivity index (χ3v) is 4.60. The summed E-state index contributed by atoms with van der Waals surface area (Å²) in [6.07, 6.45) is -4.43. The quantitative estimate of drug-likeness (QED) is 0.335. The van der Waals surface area contributed by atoms with Crippen molar-refractivity contribution >= 4 is 11.5 Å². The zero-order chi connectivity index (χ0) is 20.9. The molecule has 3 aromatic rings. The number of para-hydroxylation sites is 1. The molecule has 0 amide bonds. The van der Waals surface area contributed by atoms with Crippen molar-refractivity contribution in [3.63, 3.8) is 0 Å². The second kappa shape index (κ2) is 8.82. The maximum absolute atomic E-state index is 13.3. The zero-order valence-corrected chi connectivity index (χ0v) is 15.9. The minimum atomic E-state index is -4.43. The number of rotatable bonds is 5. The summed E-state index contributed by atoms with van der Waals surface area (Å²) >= 11 is 0. The lowest BCUT2D eigenvalue weighted by Gasteiger charge is -2.19. The predicted molar refractivity (Wildman–Crippen MR) is 111 cm³/mol. The monoisotopic (exact) mass is 397 g/mol. The summed E-state index contributed by atoms with van der Waals surface area (Å²) in [5, 5.41) is 3.31. The van der Waals surface area contributed by atoms with E-state index in [9.17, 15) is 13.2 Å². The van der Waals surface area contributed by atoms with E-state index in [0.29, 0.717) is 17.1 Å². The molecule has 0 aliphatic heterocycles. The van der Waals surface area contributed by atoms with Crippen LogP contribution in [0.25, 0.3) is 0 Å². The van der Waals surface area contributed by atoms with Gasteiger partial charge in [-0.25, -0.2) is 0 Å². The van der Waals surface area contributed by atoms with Crippen LogP contribution in [0.1, 0.15) is 35.2 Å². The van der Waals surface area contributed by atoms with Gasteiger partial charge in [-0.15, -0.1) is 0 Å². The summed E-state index contributed by atoms with van der Waals surface area (Å²) in [5.74, 6) is 0.455. The lowest BCUT2D eigenvalue weighted by molar-refractivity contribution is -0.138. The molecule has 0 saturated carbocycles. The van der Waals surface area contributed by atoms with Crippen molar-refractivity contribution < 1.29 is 13.2 Å². The number of nitrogens with one attached hydrogen (secondary N) is 1. The SMILES string of the molecule is CC(NC(=NCc1ccccc1C(F)(F)F)c1ccccc1N)c1ccccc1. The first kappa shape index (κ1) is 20.5. The highest BCUT2D eigenvalue weighted by molar-refractivity contribution is 6.03. The van der Waals surface area contributed by atoms with E-state index in [4.69, 9.17) is 5.73 Å². The van der Waals surface area contributed by atoms with Gasteiger partial charge in [0.15, 0.2) is 0 Å². The van der Waals surface area contributed by atoms with Crippen molar-refractivity contribution in [3.8, 4) is 0 Å². The van der Waals surface area contributed by atoms with Crippen molar-refractivity contribution in [2.24, 2.45) is 4.99 Å². The summed E-state index contributed by atoms with van der Waals surface area (Å²) < 4.78 is 39.9. The highest BCUT2D eigenvalue weighted by atomic mass is 19.4. The first-order chi connectivity index (χ1) is 13.9. The Morgan fingerprint density at radius 2 is 1.55 bits per heavy atom. The molecule has 3 rings (SSSR count). The molecule has 6 heteroatoms. The van der Waals surface area contributed by atoms with Gasteiger partial charge in [-0.1, -0.05) is 60.7 Å². The molecule has 1 atom stereocenters. The molecule has 0 spiro atoms. The van der Waals surface area contributed by atoms with Crippen LogP contribution >= 0.6 is 0 Å². The standard InChI is InChI=1S/C23H22F3N3/c1-16(17-9-3-2-4-10-17)29-22(19-12-6-8-14-21(19)27)28-15-18-11-5-7-13-20(18)23(24,25)26/h2-14,16H,15,27H2,1H3,(H,28,29). The minimum Gasteiger partial charge on any atom is -0.398 e. The second-order valence-corrected chi connectivity index (χ2v) is 6.68. The smallest absolute Gasteiger partial charge is 0.398 e. The number of nitrogen functional groups attached to an aromatic ring is 1. The number of alkyl halides is 3. The van der Waals surface area contributed by atoms with Crippen LogP contribution in [0, 0.1) is 0 Å². The molecule has 0 aromatic heterocycles. The molecule has 0 radical (unpaired) electrons. The largest absolute Gasteiger partial charge is 0.416 e. The van der Waals surface area contributed by atoms with E-state index >= 15 is 0 Å². The van der Waals surface area contributed by atoms with E-state index in [-0.39, 0.29) is 18.2 Å². The Kier molecular flexibility index (Phi) is 6.22. The minimum absolute atomic E-state index is 0.104. The van der Waals surface area contributed by atoms with Gasteiger partial charge in [0.1, 0.15) is 5.84 Å². The highest BCUT2D eigenvalue weighted by Crippen LogP contribution is 2.32. The molecule has 3 nitrogen and oxygen atoms in total. The molecule has 0 fully saturated rings. The van der Waals surface area contributed by atoms with Crippen LogP contribution < -0.4 is 11.1 Å². The normalized spacial score (nSPS) is 13.2. The van der Waals surface area contributed by atoms with Gasteiger partial charge in [0.05, 0.1) is 12.1 Å². The van der Waals surface area contributed by atoms with Gasteiger partial charge in [-0.05, 0) is 36.2 Å². The molecule has 0 heterocycles. The van der Waals surface area contributed by atoms with Gasteiger partial charge in [-0.2, -0.15) is 13.2 Å². The summed E-state index contributed by atoms with van der Waals surface area (Å²) in [6.45, 7) is 1.85. The van der Waals surface area contributed by atoms with Crippen molar-refractivity contribution in [2.75, 3.05) is 5.73 Å². The summed E-state index contributed by atoms with van der Waals surface area (Å²) in [6, 6.07) is 22.3. The Hall–Kier alpha value is -3.28. The van der Waals surface area contributed by atoms with Gasteiger partial charge >= 0.3 is 6.18 Å². The Bertz CT molecular complexity index is 982. The highest BCUT2D eigenvalue weighted by Gasteiger charge is 2.32. The number of anilines is 1. The van der Waals surface area contributed by atoms with Crippen molar-refractivity contribution in [1.29, 1.82) is 0 Å². The lowest BCUT2D eigenvalue weighted by Crippen LogP contribution is -2.28. The fraction of sp³-hybridized carbons (Fsp3) is 0.174. The molecule has 3 aromatic carbocycles. The zero-order valence-electron chi connectivity index (χ0n) is 15.9. The van der Waals surface area contributed by atoms with Crippen LogP contribution in [0.15, 0.2) is 83.9 Å². The molecular formula is C23H22F3N3. The predicted octanol–water partition coefficient (Wildman–Crippen LogP) is 5.59. The Morgan fingerprint density at radius 3 is 2.24 bits per heavy atom. The molecule has 0 bridgehead atoms. The molecule has 3 N–H and O–H groups in total. The maximum atomic E-state index is 13.3. The van der Waals surface area contributed by atoms with Crippen LogP contribution in [0.2, 0.25) is 0 Å². The number of nitrogens with two attached hydrogens (primary N) is 1. The van der Waals surface area contributed by atoms with E-state index < -0.39 is 11.7 Å². The molecular weight excluding hydrogens is 375 g/mol. The summed E-state index contributed by atoms with van der Waals surface area (Å²) in [7, 11) is 0. The Morgan fingerprint density at radius 1 is 0.931 bits per heavy atom. The van der Waals surface area contributed by atoms with Crippen LogP contribution in [0.3, 0.4) is 0 Å². The second-order valence-electron chi connectivity index (χ2n) is 6.68. The van der Waals surface area contributed by atoms with Gasteiger partial charge in [0.2, 0.25) is 0 Å². The molecule has 29 heavy (non-hydrogen) atoms. The first-order valence-electron chi connectivity index (χ1n) is 9.22. The third-order valence-electron chi connectivity index (χ3n) is 4.60. The Labute approximate surface area is 168 Å². The molecule has 0 aliphatic rings. The molecule has 0 aliphatic carbocycles. The molecule has 0 saturated heterocycles. The van der Waals surface area contributed by atoms with Crippen LogP contribution in [0.4, 0.5) is 18.9 Å². The average Bonchev–Trinajstić information content (AvgIpc) is 2.71. The molecule has 150 valence electrons. The van der Waals surface area contributed by atoms with Gasteiger partial charge in [-0.3, -0.25) is 4.99 Å². The molecule has 1 unspecified atom stereocenters. The van der Waals surface area contributed by atoms with Crippen molar-refractivity contribution in [1.82, 2.24) is 5.32 Å².